The summed E-state index contributed by atoms with van der Waals surface area (Å²) < 4.78 is 0.987. The van der Waals surface area contributed by atoms with Gasteiger partial charge in [0.05, 0.1) is 24.7 Å². The molecule has 2 N–H and O–H groups in total. The lowest BCUT2D eigenvalue weighted by atomic mass is 10.1. The Morgan fingerprint density at radius 2 is 2.28 bits per heavy atom. The molecule has 0 radical (unpaired) electrons. The Kier molecular flexibility index (Phi) is 6.06. The van der Waals surface area contributed by atoms with E-state index in [2.05, 4.69) is 9.97 Å². The molecule has 6 nitrogen and oxygen atoms in total. The number of pyridine rings is 1. The molecule has 0 bridgehead atoms. The molecule has 3 atom stereocenters. The van der Waals surface area contributed by atoms with Gasteiger partial charge in [-0.1, -0.05) is 24.8 Å². The number of nitrogens with zero attached hydrogens (tertiary/aromatic N) is 3. The van der Waals surface area contributed by atoms with Crippen molar-refractivity contribution < 1.29 is 15.0 Å². The van der Waals surface area contributed by atoms with E-state index in [-0.39, 0.29) is 18.4 Å². The van der Waals surface area contributed by atoms with Gasteiger partial charge in [0.15, 0.2) is 0 Å². The van der Waals surface area contributed by atoms with Gasteiger partial charge < -0.3 is 10.2 Å². The summed E-state index contributed by atoms with van der Waals surface area (Å²) in [6, 6.07) is 3.25. The van der Waals surface area contributed by atoms with Crippen LogP contribution in [0.4, 0.5) is 5.82 Å². The number of hydrogen-bond acceptors (Lipinski definition) is 7. The number of thioether (sulfide) groups is 1. The topological polar surface area (TPSA) is 86.5 Å². The molecule has 134 valence electrons. The number of carbonyl (C=O) groups is 1. The average Bonchev–Trinajstić information content (AvgIpc) is 3.23. The van der Waals surface area contributed by atoms with Gasteiger partial charge in [-0.25, -0.2) is 9.97 Å². The summed E-state index contributed by atoms with van der Waals surface area (Å²) in [4.78, 5) is 22.5. The van der Waals surface area contributed by atoms with Crippen molar-refractivity contribution in [2.45, 2.75) is 48.8 Å². The lowest BCUT2D eigenvalue weighted by molar-refractivity contribution is -0.117. The fourth-order valence-corrected chi connectivity index (χ4v) is 4.63. The minimum absolute atomic E-state index is 0.118. The maximum absolute atomic E-state index is 12.3. The number of rotatable bonds is 7. The minimum atomic E-state index is -0.688. The van der Waals surface area contributed by atoms with Crippen molar-refractivity contribution in [2.24, 2.45) is 0 Å². The highest BCUT2D eigenvalue weighted by atomic mass is 32.2. The maximum atomic E-state index is 12.3. The Labute approximate surface area is 154 Å². The molecule has 25 heavy (non-hydrogen) atoms. The van der Waals surface area contributed by atoms with Crippen LogP contribution in [0.2, 0.25) is 0 Å². The first-order valence-corrected chi connectivity index (χ1v) is 10.1. The van der Waals surface area contributed by atoms with E-state index in [4.69, 9.17) is 0 Å². The van der Waals surface area contributed by atoms with Crippen LogP contribution in [0.15, 0.2) is 34.2 Å². The molecular formula is C17H21N3O3S2. The number of hydrogen-bond donors (Lipinski definition) is 2. The molecule has 0 spiro atoms. The number of aliphatic hydroxyl groups is 2. The standard InChI is InChI=1S/C17H21N3O3S2/c1-2-13(21)11-3-4-15(19-10-11)20-12(14(22)9-16(20)23)5-7-24-17-18-6-8-25-17/h3-4,6,8,10,12-14,21-22H,2,5,7,9H2,1H3. The molecule has 0 aliphatic carbocycles. The van der Waals surface area contributed by atoms with Gasteiger partial charge in [0.2, 0.25) is 5.91 Å². The summed E-state index contributed by atoms with van der Waals surface area (Å²) in [6.45, 7) is 1.90. The van der Waals surface area contributed by atoms with Crippen LogP contribution in [0.3, 0.4) is 0 Å². The normalized spacial score (nSPS) is 21.7. The summed E-state index contributed by atoms with van der Waals surface area (Å²) in [6.07, 6.45) is 3.52. The summed E-state index contributed by atoms with van der Waals surface area (Å²) >= 11 is 3.21. The van der Waals surface area contributed by atoms with Gasteiger partial charge >= 0.3 is 0 Å². The summed E-state index contributed by atoms with van der Waals surface area (Å²) in [7, 11) is 0. The fourth-order valence-electron chi connectivity index (χ4n) is 2.91. The number of anilines is 1. The van der Waals surface area contributed by atoms with Crippen molar-refractivity contribution in [3.63, 3.8) is 0 Å². The predicted octanol–water partition coefficient (Wildman–Crippen LogP) is 2.63. The maximum Gasteiger partial charge on any atom is 0.231 e. The minimum Gasteiger partial charge on any atom is -0.390 e. The number of thiazole rings is 1. The number of amides is 1. The molecule has 1 saturated heterocycles. The van der Waals surface area contributed by atoms with E-state index >= 15 is 0 Å². The third-order valence-corrected chi connectivity index (χ3v) is 6.27. The van der Waals surface area contributed by atoms with Crippen LogP contribution >= 0.6 is 23.1 Å². The number of aliphatic hydroxyl groups excluding tert-OH is 2. The number of aromatic nitrogens is 2. The molecule has 1 fully saturated rings. The lowest BCUT2D eigenvalue weighted by Crippen LogP contribution is -2.38. The molecule has 1 amide bonds. The van der Waals surface area contributed by atoms with Gasteiger partial charge in [-0.3, -0.25) is 9.69 Å². The van der Waals surface area contributed by atoms with E-state index in [9.17, 15) is 15.0 Å². The Hall–Kier alpha value is -1.48. The Morgan fingerprint density at radius 1 is 1.44 bits per heavy atom. The van der Waals surface area contributed by atoms with Crippen LogP contribution in [0.1, 0.15) is 37.9 Å². The molecule has 0 aromatic carbocycles. The second-order valence-electron chi connectivity index (χ2n) is 5.91. The molecule has 3 unspecified atom stereocenters. The molecule has 3 heterocycles. The van der Waals surface area contributed by atoms with Crippen LogP contribution < -0.4 is 4.90 Å². The molecule has 0 saturated carbocycles. The molecule has 2 aromatic rings. The third-order valence-electron chi connectivity index (χ3n) is 4.27. The highest BCUT2D eigenvalue weighted by molar-refractivity contribution is 8.00. The lowest BCUT2D eigenvalue weighted by Gasteiger charge is -2.25. The second-order valence-corrected chi connectivity index (χ2v) is 8.15. The van der Waals surface area contributed by atoms with Crippen LogP contribution in [0, 0.1) is 0 Å². The monoisotopic (exact) mass is 379 g/mol. The van der Waals surface area contributed by atoms with Crippen molar-refractivity contribution in [1.82, 2.24) is 9.97 Å². The highest BCUT2D eigenvalue weighted by Crippen LogP contribution is 2.30. The van der Waals surface area contributed by atoms with Crippen molar-refractivity contribution in [3.05, 3.63) is 35.5 Å². The zero-order valence-corrected chi connectivity index (χ0v) is 15.5. The van der Waals surface area contributed by atoms with Crippen molar-refractivity contribution in [2.75, 3.05) is 10.7 Å². The number of carbonyl (C=O) groups excluding carboxylic acids is 1. The average molecular weight is 380 g/mol. The first-order chi connectivity index (χ1) is 12.1. The van der Waals surface area contributed by atoms with Gasteiger partial charge in [0.25, 0.3) is 0 Å². The first kappa shape index (κ1) is 18.3. The quantitative estimate of drug-likeness (QED) is 0.719. The fraction of sp³-hybridized carbons (Fsp3) is 0.471. The molecule has 2 aromatic heterocycles. The predicted molar refractivity (Wildman–Crippen MR) is 98.8 cm³/mol. The summed E-state index contributed by atoms with van der Waals surface area (Å²) in [5.74, 6) is 1.18. The largest absolute Gasteiger partial charge is 0.390 e. The second kappa shape index (κ2) is 8.27. The molecule has 1 aliphatic rings. The Balaban J connectivity index is 1.69. The van der Waals surface area contributed by atoms with Crippen molar-refractivity contribution in [1.29, 1.82) is 0 Å². The molecular weight excluding hydrogens is 358 g/mol. The smallest absolute Gasteiger partial charge is 0.231 e. The van der Waals surface area contributed by atoms with Gasteiger partial charge in [-0.15, -0.1) is 11.3 Å². The van der Waals surface area contributed by atoms with E-state index in [1.165, 1.54) is 0 Å². The zero-order valence-electron chi connectivity index (χ0n) is 13.9. The van der Waals surface area contributed by atoms with E-state index in [0.29, 0.717) is 18.7 Å². The third kappa shape index (κ3) is 4.20. The van der Waals surface area contributed by atoms with Crippen LogP contribution in [-0.4, -0.2) is 44.0 Å². The molecule has 3 rings (SSSR count). The summed E-state index contributed by atoms with van der Waals surface area (Å²) in [5.41, 5.74) is 0.731. The molecule has 8 heteroatoms. The SMILES string of the molecule is CCC(O)c1ccc(N2C(=O)CC(O)C2CCSc2nccs2)nc1. The summed E-state index contributed by atoms with van der Waals surface area (Å²) in [5, 5.41) is 22.1. The van der Waals surface area contributed by atoms with Gasteiger partial charge in [-0.05, 0) is 24.5 Å². The van der Waals surface area contributed by atoms with E-state index < -0.39 is 12.2 Å². The van der Waals surface area contributed by atoms with E-state index in [0.717, 1.165) is 15.7 Å². The van der Waals surface area contributed by atoms with Crippen molar-refractivity contribution in [3.8, 4) is 0 Å². The van der Waals surface area contributed by atoms with E-state index in [1.54, 1.807) is 52.5 Å². The van der Waals surface area contributed by atoms with Crippen LogP contribution in [0.25, 0.3) is 0 Å². The first-order valence-electron chi connectivity index (χ1n) is 8.26. The van der Waals surface area contributed by atoms with Gasteiger partial charge in [0.1, 0.15) is 10.2 Å². The van der Waals surface area contributed by atoms with Crippen molar-refractivity contribution >= 4 is 34.8 Å². The van der Waals surface area contributed by atoms with Gasteiger partial charge in [-0.2, -0.15) is 0 Å². The zero-order chi connectivity index (χ0) is 17.8. The molecule has 1 aliphatic heterocycles. The van der Waals surface area contributed by atoms with Crippen LogP contribution in [0.5, 0.6) is 0 Å². The van der Waals surface area contributed by atoms with Crippen LogP contribution in [-0.2, 0) is 4.79 Å². The van der Waals surface area contributed by atoms with E-state index in [1.807, 2.05) is 12.3 Å². The Morgan fingerprint density at radius 3 is 2.92 bits per heavy atom. The van der Waals surface area contributed by atoms with Gasteiger partial charge in [0, 0.05) is 23.5 Å². The Bertz CT molecular complexity index is 694. The highest BCUT2D eigenvalue weighted by Gasteiger charge is 2.39.